The minimum Gasteiger partial charge on any atom is -0.396 e. The number of carbonyl (C=O) groups excluding carboxylic acids is 2. The zero-order valence-corrected chi connectivity index (χ0v) is 12.3. The topological polar surface area (TPSA) is 78.4 Å². The van der Waals surface area contributed by atoms with Crippen molar-refractivity contribution in [3.8, 4) is 0 Å². The highest BCUT2D eigenvalue weighted by Gasteiger charge is 2.27. The van der Waals surface area contributed by atoms with Gasteiger partial charge in [0.05, 0.1) is 5.69 Å². The second kappa shape index (κ2) is 7.89. The van der Waals surface area contributed by atoms with E-state index < -0.39 is 17.6 Å². The normalized spacial score (nSPS) is 21.7. The van der Waals surface area contributed by atoms with Crippen molar-refractivity contribution in [2.24, 2.45) is 5.92 Å². The van der Waals surface area contributed by atoms with Gasteiger partial charge in [-0.25, -0.2) is 4.39 Å². The van der Waals surface area contributed by atoms with Crippen molar-refractivity contribution in [3.05, 3.63) is 30.1 Å². The summed E-state index contributed by atoms with van der Waals surface area (Å²) in [5.41, 5.74) is -0.0257. The number of amides is 2. The maximum atomic E-state index is 13.5. The second-order valence-electron chi connectivity index (χ2n) is 5.59. The predicted molar refractivity (Wildman–Crippen MR) is 80.6 cm³/mol. The Morgan fingerprint density at radius 2 is 1.86 bits per heavy atom. The number of hydrogen-bond donors (Lipinski definition) is 3. The molecule has 3 N–H and O–H groups in total. The van der Waals surface area contributed by atoms with E-state index in [1.165, 1.54) is 18.2 Å². The van der Waals surface area contributed by atoms with Crippen LogP contribution in [0.15, 0.2) is 24.3 Å². The molecule has 0 aliphatic heterocycles. The first-order chi connectivity index (χ1) is 10.6. The molecule has 0 heterocycles. The van der Waals surface area contributed by atoms with Crippen molar-refractivity contribution in [1.82, 2.24) is 5.32 Å². The molecule has 1 aromatic carbocycles. The van der Waals surface area contributed by atoms with Crippen LogP contribution in [-0.4, -0.2) is 29.6 Å². The predicted octanol–water partition coefficient (Wildman–Crippen LogP) is 1.82. The van der Waals surface area contributed by atoms with Crippen LogP contribution in [0.4, 0.5) is 10.1 Å². The van der Waals surface area contributed by atoms with Crippen molar-refractivity contribution < 1.29 is 19.1 Å². The molecule has 2 rings (SSSR count). The molecule has 2 unspecified atom stereocenters. The summed E-state index contributed by atoms with van der Waals surface area (Å²) in [7, 11) is 0. The summed E-state index contributed by atoms with van der Waals surface area (Å²) >= 11 is 0. The fourth-order valence-electron chi connectivity index (χ4n) is 2.77. The Hall–Kier alpha value is -1.95. The first kappa shape index (κ1) is 16.4. The molecule has 0 radical (unpaired) electrons. The summed E-state index contributed by atoms with van der Waals surface area (Å²) < 4.78 is 13.5. The summed E-state index contributed by atoms with van der Waals surface area (Å²) in [4.78, 5) is 23.8. The van der Waals surface area contributed by atoms with Gasteiger partial charge >= 0.3 is 11.8 Å². The minimum absolute atomic E-state index is 0.0140. The third kappa shape index (κ3) is 4.27. The first-order valence-corrected chi connectivity index (χ1v) is 7.59. The number of aliphatic hydroxyl groups excluding tert-OH is 1. The number of aliphatic hydroxyl groups is 1. The quantitative estimate of drug-likeness (QED) is 0.589. The molecule has 22 heavy (non-hydrogen) atoms. The smallest absolute Gasteiger partial charge is 0.313 e. The Labute approximate surface area is 128 Å². The number of rotatable bonds is 3. The van der Waals surface area contributed by atoms with Gasteiger partial charge in [0.15, 0.2) is 0 Å². The van der Waals surface area contributed by atoms with Crippen LogP contribution in [0.25, 0.3) is 0 Å². The van der Waals surface area contributed by atoms with E-state index >= 15 is 0 Å². The van der Waals surface area contributed by atoms with Crippen LogP contribution in [0.3, 0.4) is 0 Å². The maximum Gasteiger partial charge on any atom is 0.313 e. The van der Waals surface area contributed by atoms with Gasteiger partial charge in [-0.2, -0.15) is 0 Å². The van der Waals surface area contributed by atoms with Gasteiger partial charge in [-0.05, 0) is 25.0 Å². The van der Waals surface area contributed by atoms with E-state index in [1.54, 1.807) is 6.07 Å². The van der Waals surface area contributed by atoms with Crippen LogP contribution in [0, 0.1) is 11.7 Å². The third-order valence-electron chi connectivity index (χ3n) is 4.04. The summed E-state index contributed by atoms with van der Waals surface area (Å²) in [5.74, 6) is -2.32. The van der Waals surface area contributed by atoms with Crippen molar-refractivity contribution in [1.29, 1.82) is 0 Å². The number of carbonyl (C=O) groups is 2. The van der Waals surface area contributed by atoms with Gasteiger partial charge in [-0.3, -0.25) is 9.59 Å². The monoisotopic (exact) mass is 308 g/mol. The largest absolute Gasteiger partial charge is 0.396 e. The lowest BCUT2D eigenvalue weighted by atomic mass is 9.95. The van der Waals surface area contributed by atoms with Gasteiger partial charge < -0.3 is 15.7 Å². The highest BCUT2D eigenvalue weighted by atomic mass is 19.1. The fraction of sp³-hybridized carbons (Fsp3) is 0.500. The van der Waals surface area contributed by atoms with E-state index in [9.17, 15) is 19.1 Å². The van der Waals surface area contributed by atoms with E-state index in [2.05, 4.69) is 10.6 Å². The molecule has 1 aliphatic carbocycles. The van der Waals surface area contributed by atoms with E-state index in [1.807, 2.05) is 0 Å². The van der Waals surface area contributed by atoms with Crippen LogP contribution >= 0.6 is 0 Å². The summed E-state index contributed by atoms with van der Waals surface area (Å²) in [6, 6.07) is 5.46. The van der Waals surface area contributed by atoms with Crippen molar-refractivity contribution in [2.45, 2.75) is 38.1 Å². The Morgan fingerprint density at radius 3 is 2.59 bits per heavy atom. The summed E-state index contributed by atoms with van der Waals surface area (Å²) in [6.07, 6.45) is 4.60. The lowest BCUT2D eigenvalue weighted by Gasteiger charge is -2.24. The second-order valence-corrected chi connectivity index (χ2v) is 5.59. The molecule has 2 amide bonds. The molecule has 1 aliphatic rings. The van der Waals surface area contributed by atoms with E-state index in [0.29, 0.717) is 0 Å². The number of hydrogen-bond acceptors (Lipinski definition) is 3. The Balaban J connectivity index is 1.95. The number of benzene rings is 1. The zero-order valence-electron chi connectivity index (χ0n) is 12.3. The van der Waals surface area contributed by atoms with Crippen molar-refractivity contribution in [3.63, 3.8) is 0 Å². The van der Waals surface area contributed by atoms with Crippen LogP contribution in [-0.2, 0) is 9.59 Å². The highest BCUT2D eigenvalue weighted by molar-refractivity contribution is 6.39. The highest BCUT2D eigenvalue weighted by Crippen LogP contribution is 2.23. The molecular weight excluding hydrogens is 287 g/mol. The SMILES string of the molecule is O=C(Nc1ccccc1F)C(=O)NC1CCCCCC1CO. The lowest BCUT2D eigenvalue weighted by Crippen LogP contribution is -2.45. The molecule has 2 atom stereocenters. The molecule has 120 valence electrons. The fourth-order valence-corrected chi connectivity index (χ4v) is 2.77. The van der Waals surface area contributed by atoms with Gasteiger partial charge in [0, 0.05) is 18.6 Å². The average Bonchev–Trinajstić information content (AvgIpc) is 2.74. The van der Waals surface area contributed by atoms with Crippen molar-refractivity contribution >= 4 is 17.5 Å². The van der Waals surface area contributed by atoms with Gasteiger partial charge in [0.1, 0.15) is 5.82 Å². The zero-order chi connectivity index (χ0) is 15.9. The molecule has 1 aromatic rings. The number of para-hydroxylation sites is 1. The van der Waals surface area contributed by atoms with Gasteiger partial charge in [0.25, 0.3) is 0 Å². The van der Waals surface area contributed by atoms with Crippen LogP contribution in [0.2, 0.25) is 0 Å². The standard InChI is InChI=1S/C16H21FN2O3/c17-12-7-4-5-9-14(12)19-16(22)15(21)18-13-8-3-1-2-6-11(13)10-20/h4-5,7,9,11,13,20H,1-3,6,8,10H2,(H,18,21)(H,19,22). The van der Waals surface area contributed by atoms with Gasteiger partial charge in [-0.1, -0.05) is 31.4 Å². The van der Waals surface area contributed by atoms with Crippen LogP contribution in [0.5, 0.6) is 0 Å². The molecule has 0 saturated heterocycles. The van der Waals surface area contributed by atoms with Crippen molar-refractivity contribution in [2.75, 3.05) is 11.9 Å². The lowest BCUT2D eigenvalue weighted by molar-refractivity contribution is -0.137. The number of nitrogens with one attached hydrogen (secondary N) is 2. The van der Waals surface area contributed by atoms with E-state index in [0.717, 1.165) is 32.1 Å². The molecule has 0 bridgehead atoms. The first-order valence-electron chi connectivity index (χ1n) is 7.59. The summed E-state index contributed by atoms with van der Waals surface area (Å²) in [5, 5.41) is 14.3. The molecule has 0 aromatic heterocycles. The summed E-state index contributed by atoms with van der Waals surface area (Å²) in [6.45, 7) is -0.0140. The van der Waals surface area contributed by atoms with E-state index in [4.69, 9.17) is 0 Å². The molecule has 0 spiro atoms. The van der Waals surface area contributed by atoms with Crippen LogP contribution < -0.4 is 10.6 Å². The molecule has 1 fully saturated rings. The Morgan fingerprint density at radius 1 is 1.14 bits per heavy atom. The maximum absolute atomic E-state index is 13.5. The minimum atomic E-state index is -0.897. The van der Waals surface area contributed by atoms with Gasteiger partial charge in [0.2, 0.25) is 0 Å². The third-order valence-corrected chi connectivity index (χ3v) is 4.04. The average molecular weight is 308 g/mol. The van der Waals surface area contributed by atoms with Gasteiger partial charge in [-0.15, -0.1) is 0 Å². The molecule has 5 nitrogen and oxygen atoms in total. The van der Waals surface area contributed by atoms with Crippen LogP contribution in [0.1, 0.15) is 32.1 Å². The Kier molecular flexibility index (Phi) is 5.89. The number of halogens is 1. The Bertz CT molecular complexity index is 536. The molecule has 6 heteroatoms. The number of anilines is 1. The molecule has 1 saturated carbocycles. The van der Waals surface area contributed by atoms with E-state index in [-0.39, 0.29) is 24.3 Å². The molecular formula is C16H21FN2O3.